The van der Waals surface area contributed by atoms with Gasteiger partial charge in [-0.05, 0) is 67.6 Å². The normalized spacial score (nSPS) is 30.5. The van der Waals surface area contributed by atoms with Crippen molar-refractivity contribution >= 4 is 45.4 Å². The van der Waals surface area contributed by atoms with Crippen molar-refractivity contribution < 1.29 is 32.7 Å². The van der Waals surface area contributed by atoms with Gasteiger partial charge in [-0.3, -0.25) is 24.0 Å². The highest BCUT2D eigenvalue weighted by Crippen LogP contribution is 2.49. The summed E-state index contributed by atoms with van der Waals surface area (Å²) in [5.41, 5.74) is 6.61. The third-order valence-corrected chi connectivity index (χ3v) is 12.9. The summed E-state index contributed by atoms with van der Waals surface area (Å²) >= 11 is 6.46. The van der Waals surface area contributed by atoms with E-state index >= 15 is 0 Å². The van der Waals surface area contributed by atoms with Crippen LogP contribution < -0.4 is 15.8 Å². The second-order valence-corrected chi connectivity index (χ2v) is 15.9. The van der Waals surface area contributed by atoms with Gasteiger partial charge >= 0.3 is 6.09 Å². The molecule has 0 spiro atoms. The summed E-state index contributed by atoms with van der Waals surface area (Å²) in [7, 11) is -3.83. The van der Waals surface area contributed by atoms with Crippen molar-refractivity contribution in [1.29, 1.82) is 0 Å². The molecular weight excluding hydrogens is 622 g/mol. The van der Waals surface area contributed by atoms with E-state index in [1.165, 1.54) is 9.80 Å². The highest BCUT2D eigenvalue weighted by atomic mass is 35.5. The quantitative estimate of drug-likeness (QED) is 0.311. The summed E-state index contributed by atoms with van der Waals surface area (Å²) in [5.74, 6) is -2.41. The maximum Gasteiger partial charge on any atom is 0.408 e. The van der Waals surface area contributed by atoms with E-state index in [1.807, 2.05) is 13.0 Å². The van der Waals surface area contributed by atoms with Crippen molar-refractivity contribution in [2.75, 3.05) is 6.54 Å². The molecule has 45 heavy (non-hydrogen) atoms. The molecule has 5 aliphatic rings. The first-order valence-corrected chi connectivity index (χ1v) is 18.0. The number of carboxylic acid groups (broad SMARTS) is 1. The van der Waals surface area contributed by atoms with Crippen LogP contribution >= 0.6 is 11.6 Å². The number of sulfonamides is 1. The van der Waals surface area contributed by atoms with Crippen molar-refractivity contribution in [2.24, 2.45) is 23.5 Å². The second-order valence-electron chi connectivity index (χ2n) is 13.5. The molecule has 3 aliphatic carbocycles. The number of fused-ring (bicyclic) bond motifs is 1. The summed E-state index contributed by atoms with van der Waals surface area (Å²) in [6, 6.07) is 2.83. The minimum Gasteiger partial charge on any atom is -0.465 e. The van der Waals surface area contributed by atoms with E-state index < -0.39 is 62.8 Å². The van der Waals surface area contributed by atoms with Gasteiger partial charge in [0.05, 0.1) is 23.9 Å². The van der Waals surface area contributed by atoms with Crippen molar-refractivity contribution in [3.63, 3.8) is 0 Å². The molecular formula is C31H42ClN5O7S. The fourth-order valence-corrected chi connectivity index (χ4v) is 9.53. The van der Waals surface area contributed by atoms with Gasteiger partial charge in [0.2, 0.25) is 21.8 Å². The molecule has 0 bridgehead atoms. The van der Waals surface area contributed by atoms with Crippen molar-refractivity contribution in [3.8, 4) is 0 Å². The number of hydrogen-bond acceptors (Lipinski definition) is 7. The number of halogens is 1. The van der Waals surface area contributed by atoms with E-state index in [-0.39, 0.29) is 43.7 Å². The zero-order valence-electron chi connectivity index (χ0n) is 25.4. The standard InChI is InChI=1S/C31H42ClN5O7S/c1-2-19-14-31(19,29(40)35-45(43,44)20-11-12-20)34-27(38)24-13-18(15-36(24)28(39)25(33)17-7-4-3-5-8-17)26-21-9-6-10-23(32)22(21)16-37(26)30(41)42/h6,9-10,17-20,24-26H,2-5,7-8,11-16,33H2,1H3,(H,34,38)(H,35,40)(H,41,42)/t18-,19-,24+,25+,26?,31-/m1/s1. The number of benzene rings is 1. The van der Waals surface area contributed by atoms with Gasteiger partial charge in [0.25, 0.3) is 5.91 Å². The predicted octanol–water partition coefficient (Wildman–Crippen LogP) is 2.89. The van der Waals surface area contributed by atoms with Crippen LogP contribution in [0, 0.1) is 17.8 Å². The Bertz CT molecular complexity index is 1500. The molecule has 5 N–H and O–H groups in total. The molecule has 4 amide bonds. The van der Waals surface area contributed by atoms with Gasteiger partial charge in [-0.15, -0.1) is 0 Å². The Labute approximate surface area is 268 Å². The minimum atomic E-state index is -3.83. The lowest BCUT2D eigenvalue weighted by atomic mass is 9.83. The molecule has 1 unspecified atom stereocenters. The fraction of sp³-hybridized carbons (Fsp3) is 0.677. The number of hydrogen-bond donors (Lipinski definition) is 4. The third-order valence-electron chi connectivity index (χ3n) is 10.7. The van der Waals surface area contributed by atoms with Gasteiger partial charge in [-0.2, -0.15) is 0 Å². The summed E-state index contributed by atoms with van der Waals surface area (Å²) < 4.78 is 27.4. The van der Waals surface area contributed by atoms with E-state index in [0.717, 1.165) is 37.7 Å². The van der Waals surface area contributed by atoms with Crippen LogP contribution in [0.15, 0.2) is 18.2 Å². The molecule has 246 valence electrons. The number of carbonyl (C=O) groups is 4. The largest absolute Gasteiger partial charge is 0.465 e. The maximum absolute atomic E-state index is 14.1. The van der Waals surface area contributed by atoms with Crippen LogP contribution in [0.1, 0.15) is 88.3 Å². The molecule has 2 heterocycles. The van der Waals surface area contributed by atoms with Crippen LogP contribution in [0.25, 0.3) is 0 Å². The molecule has 12 nitrogen and oxygen atoms in total. The van der Waals surface area contributed by atoms with Crippen molar-refractivity contribution in [3.05, 3.63) is 34.3 Å². The highest BCUT2D eigenvalue weighted by molar-refractivity contribution is 7.91. The number of rotatable bonds is 9. The molecule has 1 saturated heterocycles. The van der Waals surface area contributed by atoms with Gasteiger partial charge in [0.15, 0.2) is 0 Å². The second kappa shape index (κ2) is 12.0. The lowest BCUT2D eigenvalue weighted by molar-refractivity contribution is -0.141. The monoisotopic (exact) mass is 663 g/mol. The average molecular weight is 664 g/mol. The molecule has 1 aromatic carbocycles. The fourth-order valence-electron chi connectivity index (χ4n) is 7.92. The van der Waals surface area contributed by atoms with E-state index in [4.69, 9.17) is 17.3 Å². The predicted molar refractivity (Wildman–Crippen MR) is 165 cm³/mol. The van der Waals surface area contributed by atoms with Crippen LogP contribution in [0.5, 0.6) is 0 Å². The lowest BCUT2D eigenvalue weighted by Gasteiger charge is -2.33. The van der Waals surface area contributed by atoms with Gasteiger partial charge in [-0.25, -0.2) is 13.2 Å². The van der Waals surface area contributed by atoms with Crippen LogP contribution in [0.3, 0.4) is 0 Å². The summed E-state index contributed by atoms with van der Waals surface area (Å²) in [4.78, 5) is 56.8. The lowest BCUT2D eigenvalue weighted by Crippen LogP contribution is -2.58. The third kappa shape index (κ3) is 5.91. The van der Waals surface area contributed by atoms with Crippen molar-refractivity contribution in [1.82, 2.24) is 19.8 Å². The highest BCUT2D eigenvalue weighted by Gasteiger charge is 2.62. The number of nitrogens with zero attached hydrogens (tertiary/aromatic N) is 2. The Kier molecular flexibility index (Phi) is 8.57. The smallest absolute Gasteiger partial charge is 0.408 e. The van der Waals surface area contributed by atoms with Crippen LogP contribution in [-0.2, 0) is 31.0 Å². The van der Waals surface area contributed by atoms with Gasteiger partial charge in [0.1, 0.15) is 11.6 Å². The van der Waals surface area contributed by atoms with Crippen molar-refractivity contribution in [2.45, 2.75) is 107 Å². The average Bonchev–Trinajstić information content (AvgIpc) is 3.91. The van der Waals surface area contributed by atoms with Crippen LogP contribution in [0.2, 0.25) is 5.02 Å². The van der Waals surface area contributed by atoms with Gasteiger partial charge in [0, 0.05) is 17.5 Å². The zero-order chi connectivity index (χ0) is 32.3. The first-order valence-electron chi connectivity index (χ1n) is 16.1. The topological polar surface area (TPSA) is 179 Å². The first-order chi connectivity index (χ1) is 21.4. The first kappa shape index (κ1) is 32.1. The van der Waals surface area contributed by atoms with Gasteiger partial charge < -0.3 is 21.1 Å². The Balaban J connectivity index is 1.29. The molecule has 2 aliphatic heterocycles. The number of amides is 4. The Hall–Kier alpha value is -2.90. The molecule has 0 radical (unpaired) electrons. The minimum absolute atomic E-state index is 0.0202. The van der Waals surface area contributed by atoms with E-state index in [2.05, 4.69) is 10.0 Å². The summed E-state index contributed by atoms with van der Waals surface area (Å²) in [6.07, 6.45) is 5.50. The van der Waals surface area contributed by atoms with Crippen LogP contribution in [0.4, 0.5) is 4.79 Å². The Morgan fingerprint density at radius 3 is 2.44 bits per heavy atom. The molecule has 6 atom stereocenters. The van der Waals surface area contributed by atoms with Crippen LogP contribution in [-0.4, -0.2) is 76.6 Å². The number of carbonyl (C=O) groups excluding carboxylic acids is 3. The molecule has 4 fully saturated rings. The number of likely N-dealkylation sites (tertiary alicyclic amines) is 1. The van der Waals surface area contributed by atoms with E-state index in [9.17, 15) is 32.7 Å². The molecule has 14 heteroatoms. The number of nitrogens with one attached hydrogen (secondary N) is 2. The van der Waals surface area contributed by atoms with E-state index in [1.54, 1.807) is 12.1 Å². The Morgan fingerprint density at radius 2 is 1.82 bits per heavy atom. The molecule has 1 aromatic rings. The maximum atomic E-state index is 14.1. The molecule has 3 saturated carbocycles. The van der Waals surface area contributed by atoms with Gasteiger partial charge in [-0.1, -0.05) is 56.3 Å². The SMILES string of the molecule is CC[C@@H]1C[C@]1(NC(=O)[C@@H]1C[C@@H](C2c3cccc(Cl)c3CN2C(=O)O)CN1C(=O)[C@@H](N)C1CCCCC1)C(=O)NS(=O)(=O)C1CC1. The molecule has 0 aromatic heterocycles. The number of nitrogens with two attached hydrogens (primary N) is 1. The van der Waals surface area contributed by atoms with E-state index in [0.29, 0.717) is 29.8 Å². The Morgan fingerprint density at radius 1 is 1.11 bits per heavy atom. The summed E-state index contributed by atoms with van der Waals surface area (Å²) in [6.45, 7) is 2.06. The summed E-state index contributed by atoms with van der Waals surface area (Å²) in [5, 5.41) is 12.9. The molecule has 6 rings (SSSR count). The zero-order valence-corrected chi connectivity index (χ0v) is 27.0.